The van der Waals surface area contributed by atoms with Crippen molar-refractivity contribution in [3.8, 4) is 0 Å². The normalized spacial score (nSPS) is 16.0. The molecule has 0 radical (unpaired) electrons. The average molecular weight is 390 g/mol. The summed E-state index contributed by atoms with van der Waals surface area (Å²) in [6, 6.07) is 19.0. The Morgan fingerprint density at radius 1 is 0.862 bits per heavy atom. The number of nitrogens with zero attached hydrogens (tertiary/aromatic N) is 2. The van der Waals surface area contributed by atoms with Gasteiger partial charge in [0.25, 0.3) is 5.91 Å². The quantitative estimate of drug-likeness (QED) is 0.742. The van der Waals surface area contributed by atoms with E-state index in [2.05, 4.69) is 22.7 Å². The van der Waals surface area contributed by atoms with Gasteiger partial charge in [-0.2, -0.15) is 0 Å². The Morgan fingerprint density at radius 2 is 1.45 bits per heavy atom. The maximum Gasteiger partial charge on any atom is 0.282 e. The maximum atomic E-state index is 12.8. The number of likely N-dealkylation sites (N-methyl/N-ethyl adjacent to an activating group) is 1. The first kappa shape index (κ1) is 20.5. The summed E-state index contributed by atoms with van der Waals surface area (Å²) in [6.07, 6.45) is 4.82. The van der Waals surface area contributed by atoms with Gasteiger partial charge in [0.15, 0.2) is 0 Å². The topological polar surface area (TPSA) is 64.7 Å². The van der Waals surface area contributed by atoms with E-state index in [1.54, 1.807) is 12.2 Å². The summed E-state index contributed by atoms with van der Waals surface area (Å²) in [6.45, 7) is 3.24. The SMILES string of the molecule is CN1CCN(NC(=O)/C(=C/c2ccccc2)NC(=O)/C=C/c2ccccc2)CC1. The zero-order valence-electron chi connectivity index (χ0n) is 16.5. The molecule has 1 fully saturated rings. The number of rotatable bonds is 6. The molecule has 0 spiro atoms. The highest BCUT2D eigenvalue weighted by atomic mass is 16.2. The second kappa shape index (κ2) is 10.4. The summed E-state index contributed by atoms with van der Waals surface area (Å²) < 4.78 is 0. The zero-order chi connectivity index (χ0) is 20.5. The Labute approximate surface area is 171 Å². The first-order chi connectivity index (χ1) is 14.1. The van der Waals surface area contributed by atoms with Crippen molar-refractivity contribution in [2.75, 3.05) is 33.2 Å². The minimum Gasteiger partial charge on any atom is -0.318 e. The minimum absolute atomic E-state index is 0.206. The Hall–Kier alpha value is -3.22. The van der Waals surface area contributed by atoms with E-state index in [0.29, 0.717) is 0 Å². The fourth-order valence-corrected chi connectivity index (χ4v) is 2.91. The molecule has 1 saturated heterocycles. The lowest BCUT2D eigenvalue weighted by atomic mass is 10.2. The van der Waals surface area contributed by atoms with E-state index in [-0.39, 0.29) is 17.5 Å². The van der Waals surface area contributed by atoms with Crippen LogP contribution in [0.25, 0.3) is 12.2 Å². The van der Waals surface area contributed by atoms with Gasteiger partial charge in [-0.1, -0.05) is 60.7 Å². The van der Waals surface area contributed by atoms with Crippen LogP contribution in [0.3, 0.4) is 0 Å². The molecule has 150 valence electrons. The van der Waals surface area contributed by atoms with Crippen LogP contribution in [0.15, 0.2) is 72.4 Å². The van der Waals surface area contributed by atoms with Crippen molar-refractivity contribution in [3.63, 3.8) is 0 Å². The number of amides is 2. The number of nitrogens with one attached hydrogen (secondary N) is 2. The first-order valence-corrected chi connectivity index (χ1v) is 9.65. The second-order valence-corrected chi connectivity index (χ2v) is 6.93. The van der Waals surface area contributed by atoms with Gasteiger partial charge in [0.05, 0.1) is 0 Å². The fraction of sp³-hybridized carbons (Fsp3) is 0.217. The Balaban J connectivity index is 1.70. The molecule has 2 N–H and O–H groups in total. The van der Waals surface area contributed by atoms with Crippen LogP contribution in [-0.2, 0) is 9.59 Å². The van der Waals surface area contributed by atoms with Gasteiger partial charge in [-0.25, -0.2) is 5.01 Å². The van der Waals surface area contributed by atoms with E-state index in [9.17, 15) is 9.59 Å². The highest BCUT2D eigenvalue weighted by molar-refractivity contribution is 6.04. The number of benzene rings is 2. The predicted molar refractivity (Wildman–Crippen MR) is 115 cm³/mol. The third-order valence-corrected chi connectivity index (χ3v) is 4.60. The van der Waals surface area contributed by atoms with Crippen molar-refractivity contribution in [2.45, 2.75) is 0 Å². The Morgan fingerprint density at radius 3 is 2.07 bits per heavy atom. The molecule has 0 unspecified atom stereocenters. The van der Waals surface area contributed by atoms with E-state index < -0.39 is 0 Å². The van der Waals surface area contributed by atoms with Crippen LogP contribution < -0.4 is 10.7 Å². The van der Waals surface area contributed by atoms with Gasteiger partial charge in [-0.3, -0.25) is 15.0 Å². The minimum atomic E-state index is -0.357. The molecule has 6 nitrogen and oxygen atoms in total. The van der Waals surface area contributed by atoms with Crippen LogP contribution in [-0.4, -0.2) is 54.9 Å². The fourth-order valence-electron chi connectivity index (χ4n) is 2.91. The summed E-state index contributed by atoms with van der Waals surface area (Å²) in [5, 5.41) is 4.60. The van der Waals surface area contributed by atoms with Crippen molar-refractivity contribution in [1.82, 2.24) is 20.7 Å². The monoisotopic (exact) mass is 390 g/mol. The Kier molecular flexibility index (Phi) is 7.33. The predicted octanol–water partition coefficient (Wildman–Crippen LogP) is 2.14. The van der Waals surface area contributed by atoms with E-state index in [0.717, 1.165) is 37.3 Å². The molecule has 2 amide bonds. The molecule has 0 bridgehead atoms. The molecule has 1 aliphatic rings. The van der Waals surface area contributed by atoms with Crippen LogP contribution in [0.2, 0.25) is 0 Å². The third-order valence-electron chi connectivity index (χ3n) is 4.60. The van der Waals surface area contributed by atoms with Gasteiger partial charge in [0.1, 0.15) is 5.70 Å². The summed E-state index contributed by atoms with van der Waals surface area (Å²) in [4.78, 5) is 27.5. The molecule has 0 saturated carbocycles. The van der Waals surface area contributed by atoms with E-state index in [4.69, 9.17) is 0 Å². The first-order valence-electron chi connectivity index (χ1n) is 9.65. The van der Waals surface area contributed by atoms with E-state index in [1.807, 2.05) is 65.7 Å². The zero-order valence-corrected chi connectivity index (χ0v) is 16.5. The lowest BCUT2D eigenvalue weighted by molar-refractivity contribution is -0.125. The number of hydrazine groups is 1. The summed E-state index contributed by atoms with van der Waals surface area (Å²) in [5.74, 6) is -0.690. The lowest BCUT2D eigenvalue weighted by Crippen LogP contribution is -2.53. The largest absolute Gasteiger partial charge is 0.318 e. The molecule has 6 heteroatoms. The van der Waals surface area contributed by atoms with Gasteiger partial charge in [-0.05, 0) is 30.3 Å². The molecule has 2 aromatic carbocycles. The van der Waals surface area contributed by atoms with Gasteiger partial charge in [0.2, 0.25) is 5.91 Å². The summed E-state index contributed by atoms with van der Waals surface area (Å²) in [5.41, 5.74) is 4.86. The van der Waals surface area contributed by atoms with Crippen LogP contribution in [0.5, 0.6) is 0 Å². The van der Waals surface area contributed by atoms with Crippen molar-refractivity contribution < 1.29 is 9.59 Å². The highest BCUT2D eigenvalue weighted by Crippen LogP contribution is 2.07. The maximum absolute atomic E-state index is 12.8. The number of carbonyl (C=O) groups excluding carboxylic acids is 2. The number of hydrogen-bond donors (Lipinski definition) is 2. The van der Waals surface area contributed by atoms with E-state index in [1.165, 1.54) is 6.08 Å². The number of hydrogen-bond acceptors (Lipinski definition) is 4. The van der Waals surface area contributed by atoms with Crippen molar-refractivity contribution >= 4 is 24.0 Å². The van der Waals surface area contributed by atoms with Crippen LogP contribution in [0.1, 0.15) is 11.1 Å². The molecule has 3 rings (SSSR count). The standard InChI is InChI=1S/C23H26N4O2/c1-26-14-16-27(17-15-26)25-23(29)21(18-20-10-6-3-7-11-20)24-22(28)13-12-19-8-4-2-5-9-19/h2-13,18H,14-17H2,1H3,(H,24,28)(H,25,29)/b13-12+,21-18-. The van der Waals surface area contributed by atoms with E-state index >= 15 is 0 Å². The van der Waals surface area contributed by atoms with Crippen LogP contribution in [0, 0.1) is 0 Å². The number of carbonyl (C=O) groups is 2. The molecule has 0 aliphatic carbocycles. The molecular weight excluding hydrogens is 364 g/mol. The molecule has 0 aromatic heterocycles. The molecule has 29 heavy (non-hydrogen) atoms. The van der Waals surface area contributed by atoms with Crippen molar-refractivity contribution in [1.29, 1.82) is 0 Å². The highest BCUT2D eigenvalue weighted by Gasteiger charge is 2.19. The van der Waals surface area contributed by atoms with Crippen molar-refractivity contribution in [2.24, 2.45) is 0 Å². The molecular formula is C23H26N4O2. The van der Waals surface area contributed by atoms with Crippen molar-refractivity contribution in [3.05, 3.63) is 83.6 Å². The summed E-state index contributed by atoms with van der Waals surface area (Å²) in [7, 11) is 2.05. The van der Waals surface area contributed by atoms with Gasteiger partial charge in [-0.15, -0.1) is 0 Å². The van der Waals surface area contributed by atoms with Gasteiger partial charge < -0.3 is 10.2 Å². The third kappa shape index (κ3) is 6.71. The molecule has 2 aromatic rings. The summed E-state index contributed by atoms with van der Waals surface area (Å²) >= 11 is 0. The smallest absolute Gasteiger partial charge is 0.282 e. The lowest BCUT2D eigenvalue weighted by Gasteiger charge is -2.32. The van der Waals surface area contributed by atoms with Gasteiger partial charge >= 0.3 is 0 Å². The van der Waals surface area contributed by atoms with Gasteiger partial charge in [0, 0.05) is 32.3 Å². The Bertz CT molecular complexity index is 870. The molecule has 1 aliphatic heterocycles. The molecule has 1 heterocycles. The van der Waals surface area contributed by atoms with Crippen LogP contribution in [0.4, 0.5) is 0 Å². The molecule has 0 atom stereocenters. The van der Waals surface area contributed by atoms with Crippen LogP contribution >= 0.6 is 0 Å². The average Bonchev–Trinajstić information content (AvgIpc) is 2.75. The second-order valence-electron chi connectivity index (χ2n) is 6.93. The number of piperazine rings is 1.